The molecular weight excluding hydrogens is 249 g/mol. The van der Waals surface area contributed by atoms with Crippen molar-refractivity contribution in [1.29, 1.82) is 0 Å². The van der Waals surface area contributed by atoms with E-state index in [2.05, 4.69) is 20.8 Å². The first-order valence-electron chi connectivity index (χ1n) is 2.67. The number of hydrogen-bond donors (Lipinski definition) is 0. The van der Waals surface area contributed by atoms with Gasteiger partial charge in [-0.15, -0.1) is 0 Å². The predicted octanol–water partition coefficient (Wildman–Crippen LogP) is 4.31. The first-order valence-corrected chi connectivity index (χ1v) is 4.22. The summed E-state index contributed by atoms with van der Waals surface area (Å²) in [6.45, 7) is 6.76. The Bertz CT molecular complexity index is 307. The number of rotatable bonds is 0. The lowest BCUT2D eigenvalue weighted by atomic mass is 10.3. The van der Waals surface area contributed by atoms with Crippen LogP contribution >= 0.6 is 39.1 Å². The van der Waals surface area contributed by atoms with Crippen molar-refractivity contribution in [3.63, 3.8) is 0 Å². The van der Waals surface area contributed by atoms with Gasteiger partial charge in [-0.3, -0.25) is 0 Å². The third-order valence-corrected chi connectivity index (χ3v) is 2.20. The SMILES string of the molecule is [C-]#[N+]c1c(Cl)cc(Cl)cc1Br. The van der Waals surface area contributed by atoms with E-state index in [1.165, 1.54) is 0 Å². The van der Waals surface area contributed by atoms with Gasteiger partial charge in [0.2, 0.25) is 5.69 Å². The Morgan fingerprint density at radius 1 is 1.36 bits per heavy atom. The maximum atomic E-state index is 6.76. The highest BCUT2D eigenvalue weighted by Gasteiger charge is 2.05. The summed E-state index contributed by atoms with van der Waals surface area (Å²) < 4.78 is 0.630. The molecule has 1 aromatic rings. The molecule has 0 fully saturated rings. The highest BCUT2D eigenvalue weighted by atomic mass is 79.9. The Morgan fingerprint density at radius 2 is 2.00 bits per heavy atom. The van der Waals surface area contributed by atoms with E-state index in [-0.39, 0.29) is 0 Å². The summed E-state index contributed by atoms with van der Waals surface area (Å²) in [4.78, 5) is 3.22. The molecule has 0 aliphatic rings. The van der Waals surface area contributed by atoms with E-state index >= 15 is 0 Å². The number of hydrogen-bond acceptors (Lipinski definition) is 0. The van der Waals surface area contributed by atoms with Crippen LogP contribution in [0.1, 0.15) is 0 Å². The van der Waals surface area contributed by atoms with Gasteiger partial charge in [-0.05, 0) is 12.1 Å². The van der Waals surface area contributed by atoms with E-state index in [1.54, 1.807) is 12.1 Å². The molecule has 0 spiro atoms. The van der Waals surface area contributed by atoms with E-state index in [1.807, 2.05) is 0 Å². The molecule has 0 aliphatic carbocycles. The van der Waals surface area contributed by atoms with Crippen LogP contribution < -0.4 is 0 Å². The molecule has 11 heavy (non-hydrogen) atoms. The fraction of sp³-hybridized carbons (Fsp3) is 0. The zero-order chi connectivity index (χ0) is 8.43. The molecule has 56 valence electrons. The Labute approximate surface area is 82.9 Å². The molecule has 1 aromatic carbocycles. The van der Waals surface area contributed by atoms with Crippen LogP contribution in [0.4, 0.5) is 5.69 Å². The molecule has 0 atom stereocenters. The lowest BCUT2D eigenvalue weighted by Crippen LogP contribution is -1.70. The predicted molar refractivity (Wildman–Crippen MR) is 50.4 cm³/mol. The van der Waals surface area contributed by atoms with Crippen molar-refractivity contribution < 1.29 is 0 Å². The molecule has 0 N–H and O–H groups in total. The summed E-state index contributed by atoms with van der Waals surface area (Å²) in [5.74, 6) is 0. The minimum absolute atomic E-state index is 0.374. The average Bonchev–Trinajstić information content (AvgIpc) is 1.85. The Morgan fingerprint density at radius 3 is 2.45 bits per heavy atom. The van der Waals surface area contributed by atoms with E-state index < -0.39 is 0 Å². The van der Waals surface area contributed by atoms with E-state index in [4.69, 9.17) is 29.8 Å². The van der Waals surface area contributed by atoms with Gasteiger partial charge in [-0.25, -0.2) is 4.85 Å². The van der Waals surface area contributed by atoms with Crippen LogP contribution in [0.25, 0.3) is 4.85 Å². The fourth-order valence-electron chi connectivity index (χ4n) is 0.641. The van der Waals surface area contributed by atoms with Gasteiger partial charge in [0.1, 0.15) is 0 Å². The Balaban J connectivity index is 3.40. The van der Waals surface area contributed by atoms with Gasteiger partial charge in [0.25, 0.3) is 0 Å². The van der Waals surface area contributed by atoms with Crippen LogP contribution in [0, 0.1) is 6.57 Å². The zero-order valence-corrected chi connectivity index (χ0v) is 8.33. The monoisotopic (exact) mass is 249 g/mol. The Kier molecular flexibility index (Phi) is 2.78. The lowest BCUT2D eigenvalue weighted by molar-refractivity contribution is 1.66. The largest absolute Gasteiger partial charge is 0.235 e. The van der Waals surface area contributed by atoms with E-state index in [9.17, 15) is 0 Å². The van der Waals surface area contributed by atoms with E-state index in [0.717, 1.165) is 0 Å². The van der Waals surface area contributed by atoms with Crippen molar-refractivity contribution in [3.8, 4) is 0 Å². The molecule has 1 rings (SSSR count). The molecule has 0 aliphatic heterocycles. The van der Waals surface area contributed by atoms with Crippen LogP contribution in [0.3, 0.4) is 0 Å². The number of benzene rings is 1. The molecule has 0 unspecified atom stereocenters. The van der Waals surface area contributed by atoms with Gasteiger partial charge < -0.3 is 0 Å². The minimum Gasteiger partial charge on any atom is -0.235 e. The van der Waals surface area contributed by atoms with Crippen LogP contribution in [-0.4, -0.2) is 0 Å². The minimum atomic E-state index is 0.374. The summed E-state index contributed by atoms with van der Waals surface area (Å²) in [6.07, 6.45) is 0. The standard InChI is InChI=1S/C7H2BrCl2N/c1-11-7-5(8)2-4(9)3-6(7)10/h2-3H. The highest BCUT2D eigenvalue weighted by molar-refractivity contribution is 9.10. The van der Waals surface area contributed by atoms with E-state index in [0.29, 0.717) is 20.2 Å². The maximum absolute atomic E-state index is 6.76. The van der Waals surface area contributed by atoms with Crippen molar-refractivity contribution in [3.05, 3.63) is 38.1 Å². The summed E-state index contributed by atoms with van der Waals surface area (Å²) in [5.41, 5.74) is 0.399. The second kappa shape index (κ2) is 3.44. The van der Waals surface area contributed by atoms with Crippen molar-refractivity contribution in [2.75, 3.05) is 0 Å². The quantitative estimate of drug-likeness (QED) is 0.605. The van der Waals surface area contributed by atoms with Gasteiger partial charge in [0.15, 0.2) is 0 Å². The van der Waals surface area contributed by atoms with Crippen molar-refractivity contribution in [2.45, 2.75) is 0 Å². The van der Waals surface area contributed by atoms with Gasteiger partial charge in [0, 0.05) is 14.5 Å². The maximum Gasteiger partial charge on any atom is 0.219 e. The molecule has 0 saturated heterocycles. The Hall–Kier alpha value is -0.230. The molecule has 0 aromatic heterocycles. The molecule has 4 heteroatoms. The highest BCUT2D eigenvalue weighted by Crippen LogP contribution is 2.35. The second-order valence-corrected chi connectivity index (χ2v) is 3.53. The summed E-state index contributed by atoms with van der Waals surface area (Å²) in [7, 11) is 0. The third kappa shape index (κ3) is 1.87. The van der Waals surface area contributed by atoms with Crippen LogP contribution in [0.15, 0.2) is 16.6 Å². The van der Waals surface area contributed by atoms with Crippen molar-refractivity contribution in [2.24, 2.45) is 0 Å². The molecule has 0 saturated carbocycles. The van der Waals surface area contributed by atoms with Gasteiger partial charge in [-0.2, -0.15) is 0 Å². The molecule has 0 radical (unpaired) electrons. The fourth-order valence-corrected chi connectivity index (χ4v) is 1.97. The summed E-state index contributed by atoms with van der Waals surface area (Å²) >= 11 is 14.5. The van der Waals surface area contributed by atoms with Gasteiger partial charge >= 0.3 is 0 Å². The van der Waals surface area contributed by atoms with Crippen molar-refractivity contribution >= 4 is 44.8 Å². The first kappa shape index (κ1) is 8.86. The van der Waals surface area contributed by atoms with Gasteiger partial charge in [-0.1, -0.05) is 39.1 Å². The molecule has 1 nitrogen and oxygen atoms in total. The number of halogens is 3. The summed E-state index contributed by atoms with van der Waals surface area (Å²) in [6, 6.07) is 3.18. The first-order chi connectivity index (χ1) is 5.15. The van der Waals surface area contributed by atoms with Crippen LogP contribution in [0.2, 0.25) is 10.0 Å². The second-order valence-electron chi connectivity index (χ2n) is 1.83. The van der Waals surface area contributed by atoms with Gasteiger partial charge in [0.05, 0.1) is 6.57 Å². The topological polar surface area (TPSA) is 4.36 Å². The lowest BCUT2D eigenvalue weighted by Gasteiger charge is -1.98. The smallest absolute Gasteiger partial charge is 0.219 e. The zero-order valence-electron chi connectivity index (χ0n) is 5.24. The number of nitrogens with zero attached hydrogens (tertiary/aromatic N) is 1. The molecule has 0 amide bonds. The summed E-state index contributed by atoms with van der Waals surface area (Å²) in [5, 5.41) is 0.897. The van der Waals surface area contributed by atoms with Crippen LogP contribution in [0.5, 0.6) is 0 Å². The van der Waals surface area contributed by atoms with Crippen LogP contribution in [-0.2, 0) is 0 Å². The van der Waals surface area contributed by atoms with Crippen molar-refractivity contribution in [1.82, 2.24) is 0 Å². The average molecular weight is 251 g/mol. The molecule has 0 bridgehead atoms. The third-order valence-electron chi connectivity index (χ3n) is 1.09. The molecular formula is C7H2BrCl2N. The molecule has 0 heterocycles. The normalized spacial score (nSPS) is 9.27.